The molecule has 0 fully saturated rings. The molecule has 1 aromatic carbocycles. The highest BCUT2D eigenvalue weighted by molar-refractivity contribution is 5.68. The molecule has 0 aromatic heterocycles. The van der Waals surface area contributed by atoms with Gasteiger partial charge in [0.2, 0.25) is 0 Å². The van der Waals surface area contributed by atoms with E-state index in [1.54, 1.807) is 20.8 Å². The Labute approximate surface area is 129 Å². The number of aliphatic hydroxyl groups is 2. The van der Waals surface area contributed by atoms with Gasteiger partial charge < -0.3 is 20.3 Å². The molecule has 6 heteroatoms. The number of hydrogen-bond acceptors (Lipinski definition) is 4. The van der Waals surface area contributed by atoms with Crippen LogP contribution in [-0.4, -0.2) is 40.7 Å². The minimum Gasteiger partial charge on any atom is -0.444 e. The lowest BCUT2D eigenvalue weighted by atomic mass is 10.1. The molecule has 5 nitrogen and oxygen atoms in total. The van der Waals surface area contributed by atoms with Gasteiger partial charge in [0.05, 0.1) is 12.6 Å². The number of rotatable bonds is 3. The summed E-state index contributed by atoms with van der Waals surface area (Å²) < 4.78 is 17.8. The monoisotopic (exact) mass is 309 g/mol. The van der Waals surface area contributed by atoms with Gasteiger partial charge in [0.1, 0.15) is 17.5 Å². The Bertz CT molecular complexity index is 554. The molecule has 2 atom stereocenters. The number of carbonyl (C=O) groups is 1. The van der Waals surface area contributed by atoms with Crippen LogP contribution in [0, 0.1) is 17.7 Å². The van der Waals surface area contributed by atoms with Crippen LogP contribution >= 0.6 is 0 Å². The van der Waals surface area contributed by atoms with E-state index in [4.69, 9.17) is 4.74 Å². The number of carbonyl (C=O) groups excluding carboxylic acids is 1. The van der Waals surface area contributed by atoms with Crippen LogP contribution in [0.4, 0.5) is 9.18 Å². The zero-order valence-corrected chi connectivity index (χ0v) is 12.8. The van der Waals surface area contributed by atoms with Crippen molar-refractivity contribution in [3.63, 3.8) is 0 Å². The van der Waals surface area contributed by atoms with E-state index < -0.39 is 30.4 Å². The quantitative estimate of drug-likeness (QED) is 0.738. The predicted octanol–water partition coefficient (Wildman–Crippen LogP) is 1.42. The van der Waals surface area contributed by atoms with Gasteiger partial charge in [0.25, 0.3) is 0 Å². The first kappa shape index (κ1) is 18.0. The van der Waals surface area contributed by atoms with Gasteiger partial charge in [-0.05, 0) is 45.0 Å². The van der Waals surface area contributed by atoms with Crippen molar-refractivity contribution in [3.8, 4) is 11.8 Å². The third-order valence-electron chi connectivity index (χ3n) is 2.49. The summed E-state index contributed by atoms with van der Waals surface area (Å²) in [6, 6.07) is 4.44. The normalized spacial score (nSPS) is 13.5. The predicted molar refractivity (Wildman–Crippen MR) is 79.5 cm³/mol. The minimum atomic E-state index is -1.29. The molecule has 0 bridgehead atoms. The largest absolute Gasteiger partial charge is 0.444 e. The first-order valence-electron chi connectivity index (χ1n) is 6.77. The van der Waals surface area contributed by atoms with Crippen LogP contribution in [0.25, 0.3) is 0 Å². The molecular formula is C16H20FNO4. The molecule has 0 spiro atoms. The molecule has 3 N–H and O–H groups in total. The van der Waals surface area contributed by atoms with Crippen molar-refractivity contribution in [2.24, 2.45) is 0 Å². The molecule has 0 radical (unpaired) electrons. The van der Waals surface area contributed by atoms with Crippen LogP contribution in [-0.2, 0) is 4.74 Å². The van der Waals surface area contributed by atoms with Crippen molar-refractivity contribution in [2.75, 3.05) is 6.61 Å². The number of amides is 1. The van der Waals surface area contributed by atoms with Crippen molar-refractivity contribution < 1.29 is 24.1 Å². The highest BCUT2D eigenvalue weighted by atomic mass is 19.1. The maximum atomic E-state index is 12.8. The third kappa shape index (κ3) is 6.57. The average Bonchev–Trinajstić information content (AvgIpc) is 2.42. The Morgan fingerprint density at radius 3 is 2.45 bits per heavy atom. The van der Waals surface area contributed by atoms with E-state index in [1.807, 2.05) is 0 Å². The SMILES string of the molecule is CC(C)(C)OC(=O)N[C@@H](CO)[C@H](O)C#Cc1ccc(F)cc1. The average molecular weight is 309 g/mol. The van der Waals surface area contributed by atoms with E-state index in [9.17, 15) is 19.4 Å². The van der Waals surface area contributed by atoms with Gasteiger partial charge in [-0.1, -0.05) is 11.8 Å². The summed E-state index contributed by atoms with van der Waals surface area (Å²) in [5, 5.41) is 21.5. The molecule has 0 unspecified atom stereocenters. The van der Waals surface area contributed by atoms with Crippen LogP contribution in [0.5, 0.6) is 0 Å². The van der Waals surface area contributed by atoms with Crippen molar-refractivity contribution in [3.05, 3.63) is 35.6 Å². The zero-order valence-electron chi connectivity index (χ0n) is 12.8. The van der Waals surface area contributed by atoms with Crippen molar-refractivity contribution in [1.29, 1.82) is 0 Å². The van der Waals surface area contributed by atoms with Crippen LogP contribution in [0.1, 0.15) is 26.3 Å². The molecule has 1 aromatic rings. The molecule has 120 valence electrons. The molecule has 0 heterocycles. The van der Waals surface area contributed by atoms with Crippen LogP contribution < -0.4 is 5.32 Å². The fourth-order valence-corrected chi connectivity index (χ4v) is 1.47. The van der Waals surface area contributed by atoms with Crippen LogP contribution in [0.2, 0.25) is 0 Å². The Morgan fingerprint density at radius 1 is 1.36 bits per heavy atom. The van der Waals surface area contributed by atoms with Crippen LogP contribution in [0.3, 0.4) is 0 Å². The summed E-state index contributed by atoms with van der Waals surface area (Å²) >= 11 is 0. The Hall–Kier alpha value is -2.10. The van der Waals surface area contributed by atoms with E-state index in [2.05, 4.69) is 17.2 Å². The first-order chi connectivity index (χ1) is 10.2. The van der Waals surface area contributed by atoms with E-state index >= 15 is 0 Å². The van der Waals surface area contributed by atoms with Gasteiger partial charge in [-0.15, -0.1) is 0 Å². The lowest BCUT2D eigenvalue weighted by Crippen LogP contribution is -2.47. The number of ether oxygens (including phenoxy) is 1. The maximum Gasteiger partial charge on any atom is 0.408 e. The molecule has 22 heavy (non-hydrogen) atoms. The highest BCUT2D eigenvalue weighted by Crippen LogP contribution is 2.07. The van der Waals surface area contributed by atoms with E-state index in [0.717, 1.165) is 0 Å². The molecule has 0 saturated carbocycles. The second-order valence-electron chi connectivity index (χ2n) is 5.66. The standard InChI is InChI=1S/C16H20FNO4/c1-16(2,3)22-15(21)18-13(10-19)14(20)9-6-11-4-7-12(17)8-5-11/h4-5,7-8,13-14,19-20H,10H2,1-3H3,(H,18,21)/t13-,14+/m0/s1. The molecular weight excluding hydrogens is 289 g/mol. The number of alkyl carbamates (subject to hydrolysis) is 1. The maximum absolute atomic E-state index is 12.8. The number of aliphatic hydroxyl groups excluding tert-OH is 2. The lowest BCUT2D eigenvalue weighted by molar-refractivity contribution is 0.0413. The Morgan fingerprint density at radius 2 is 1.95 bits per heavy atom. The van der Waals surface area contributed by atoms with Crippen molar-refractivity contribution in [2.45, 2.75) is 38.5 Å². The third-order valence-corrected chi connectivity index (χ3v) is 2.49. The van der Waals surface area contributed by atoms with E-state index in [0.29, 0.717) is 5.56 Å². The number of halogens is 1. The topological polar surface area (TPSA) is 78.8 Å². The Balaban J connectivity index is 2.67. The molecule has 0 aliphatic heterocycles. The van der Waals surface area contributed by atoms with Gasteiger partial charge in [-0.25, -0.2) is 9.18 Å². The summed E-state index contributed by atoms with van der Waals surface area (Å²) in [4.78, 5) is 11.6. The Kier molecular flexibility index (Phi) is 6.35. The van der Waals surface area contributed by atoms with Crippen molar-refractivity contribution >= 4 is 6.09 Å². The number of benzene rings is 1. The van der Waals surface area contributed by atoms with Crippen molar-refractivity contribution in [1.82, 2.24) is 5.32 Å². The fourth-order valence-electron chi connectivity index (χ4n) is 1.47. The molecule has 0 saturated heterocycles. The molecule has 1 rings (SSSR count). The minimum absolute atomic E-state index is 0.383. The van der Waals surface area contributed by atoms with Gasteiger partial charge in [0.15, 0.2) is 0 Å². The lowest BCUT2D eigenvalue weighted by Gasteiger charge is -2.23. The summed E-state index contributed by atoms with van der Waals surface area (Å²) in [6.07, 6.45) is -2.04. The van der Waals surface area contributed by atoms with Gasteiger partial charge in [-0.3, -0.25) is 0 Å². The summed E-state index contributed by atoms with van der Waals surface area (Å²) in [6.45, 7) is 4.60. The van der Waals surface area contributed by atoms with Gasteiger partial charge >= 0.3 is 6.09 Å². The molecule has 0 aliphatic rings. The fraction of sp³-hybridized carbons (Fsp3) is 0.438. The van der Waals surface area contributed by atoms with Gasteiger partial charge in [0, 0.05) is 5.56 Å². The zero-order chi connectivity index (χ0) is 16.8. The summed E-state index contributed by atoms with van der Waals surface area (Å²) in [5.41, 5.74) is -0.177. The summed E-state index contributed by atoms with van der Waals surface area (Å²) in [5.74, 6) is 4.75. The molecule has 1 amide bonds. The number of hydrogen-bond donors (Lipinski definition) is 3. The molecule has 0 aliphatic carbocycles. The number of nitrogens with one attached hydrogen (secondary N) is 1. The summed E-state index contributed by atoms with van der Waals surface area (Å²) in [7, 11) is 0. The second-order valence-corrected chi connectivity index (χ2v) is 5.66. The van der Waals surface area contributed by atoms with E-state index in [1.165, 1.54) is 24.3 Å². The van der Waals surface area contributed by atoms with Crippen LogP contribution in [0.15, 0.2) is 24.3 Å². The smallest absolute Gasteiger partial charge is 0.408 e. The highest BCUT2D eigenvalue weighted by Gasteiger charge is 2.22. The van der Waals surface area contributed by atoms with E-state index in [-0.39, 0.29) is 5.82 Å². The van der Waals surface area contributed by atoms with Gasteiger partial charge in [-0.2, -0.15) is 0 Å². The second kappa shape index (κ2) is 7.78. The first-order valence-corrected chi connectivity index (χ1v) is 6.77.